The van der Waals surface area contributed by atoms with Crippen LogP contribution in [-0.4, -0.2) is 42.1 Å². The fraction of sp³-hybridized carbons (Fsp3) is 0.394. The van der Waals surface area contributed by atoms with E-state index in [4.69, 9.17) is 4.74 Å². The number of fused-ring (bicyclic) bond motifs is 1. The number of para-hydroxylation sites is 1. The Bertz CT molecular complexity index is 1400. The summed E-state index contributed by atoms with van der Waals surface area (Å²) in [4.78, 5) is 28.9. The fourth-order valence-corrected chi connectivity index (χ4v) is 7.93. The molecule has 1 saturated heterocycles. The summed E-state index contributed by atoms with van der Waals surface area (Å²) < 4.78 is 5.48. The topological polar surface area (TPSA) is 66.8 Å². The van der Waals surface area contributed by atoms with Gasteiger partial charge in [0, 0.05) is 35.9 Å². The molecule has 3 aromatic rings. The second kappa shape index (κ2) is 9.00. The van der Waals surface area contributed by atoms with Gasteiger partial charge in [0.05, 0.1) is 18.9 Å². The van der Waals surface area contributed by atoms with Gasteiger partial charge in [-0.3, -0.25) is 9.59 Å². The van der Waals surface area contributed by atoms with Gasteiger partial charge >= 0.3 is 5.97 Å². The lowest BCUT2D eigenvalue weighted by Gasteiger charge is -2.59. The van der Waals surface area contributed by atoms with Gasteiger partial charge < -0.3 is 14.7 Å². The van der Waals surface area contributed by atoms with Gasteiger partial charge in [-0.05, 0) is 47.1 Å². The Hall–Kier alpha value is -3.60. The maximum absolute atomic E-state index is 13.7. The molecule has 4 atom stereocenters. The molecular formula is C33H35NO4. The molecule has 0 radical (unpaired) electrons. The number of likely N-dealkylation sites (tertiary alicyclic amines) is 1. The average molecular weight is 510 g/mol. The van der Waals surface area contributed by atoms with Gasteiger partial charge in [-0.1, -0.05) is 80.6 Å². The Morgan fingerprint density at radius 3 is 2.45 bits per heavy atom. The normalized spacial score (nSPS) is 27.2. The number of amides is 1. The molecule has 196 valence electrons. The Kier molecular flexibility index (Phi) is 5.86. The van der Waals surface area contributed by atoms with Crippen molar-refractivity contribution >= 4 is 11.9 Å². The Morgan fingerprint density at radius 1 is 1.03 bits per heavy atom. The number of hydrogen-bond acceptors (Lipinski definition) is 3. The van der Waals surface area contributed by atoms with E-state index < -0.39 is 16.8 Å². The lowest BCUT2D eigenvalue weighted by atomic mass is 9.42. The summed E-state index contributed by atoms with van der Waals surface area (Å²) in [7, 11) is 1.61. The Balaban J connectivity index is 1.46. The first-order valence-electron chi connectivity index (χ1n) is 13.7. The van der Waals surface area contributed by atoms with Crippen molar-refractivity contribution in [3.63, 3.8) is 0 Å². The summed E-state index contributed by atoms with van der Waals surface area (Å²) in [5, 5.41) is 10.9. The molecule has 1 heterocycles. The smallest absolute Gasteiger partial charge is 0.312 e. The van der Waals surface area contributed by atoms with Crippen LogP contribution in [0.1, 0.15) is 66.3 Å². The first-order chi connectivity index (χ1) is 18.3. The van der Waals surface area contributed by atoms with Crippen molar-refractivity contribution in [1.29, 1.82) is 0 Å². The lowest BCUT2D eigenvalue weighted by Crippen LogP contribution is -2.60. The molecule has 0 spiro atoms. The van der Waals surface area contributed by atoms with Gasteiger partial charge in [-0.2, -0.15) is 0 Å². The van der Waals surface area contributed by atoms with Gasteiger partial charge in [-0.25, -0.2) is 0 Å². The number of benzene rings is 3. The molecular weight excluding hydrogens is 474 g/mol. The second-order valence-electron chi connectivity index (χ2n) is 11.6. The maximum atomic E-state index is 13.7. The number of ether oxygens (including phenoxy) is 1. The van der Waals surface area contributed by atoms with Crippen molar-refractivity contribution in [3.8, 4) is 5.75 Å². The standard InChI is InChI=1S/C33H35NO4/c1-21(2)22-12-14-24(15-13-22)32-17-16-27(25-9-5-6-10-26(25)32)33(31(36)37)20-34(19-29(32)33)30(35)18-23-8-4-7-11-28(23)38-3/h4-15,21,27,29H,16-20H2,1-3H3,(H,36,37)/t27-,29-,32-,33-/m0/s1. The number of nitrogens with zero attached hydrogens (tertiary/aromatic N) is 1. The van der Waals surface area contributed by atoms with Gasteiger partial charge in [0.2, 0.25) is 5.91 Å². The van der Waals surface area contributed by atoms with E-state index in [-0.39, 0.29) is 30.7 Å². The number of carboxylic acids is 1. The average Bonchev–Trinajstić information content (AvgIpc) is 3.38. The van der Waals surface area contributed by atoms with E-state index in [9.17, 15) is 14.7 Å². The van der Waals surface area contributed by atoms with E-state index in [2.05, 4.69) is 56.3 Å². The molecule has 1 amide bonds. The summed E-state index contributed by atoms with van der Waals surface area (Å²) in [5.74, 6) is -0.0336. The first-order valence-corrected chi connectivity index (χ1v) is 13.7. The number of hydrogen-bond donors (Lipinski definition) is 1. The van der Waals surface area contributed by atoms with Crippen molar-refractivity contribution in [2.24, 2.45) is 11.3 Å². The zero-order chi connectivity index (χ0) is 26.7. The number of carbonyl (C=O) groups is 2. The van der Waals surface area contributed by atoms with Crippen LogP contribution < -0.4 is 4.74 Å². The molecule has 2 bridgehead atoms. The van der Waals surface area contributed by atoms with E-state index in [1.54, 1.807) is 7.11 Å². The van der Waals surface area contributed by atoms with E-state index in [0.29, 0.717) is 18.2 Å². The van der Waals surface area contributed by atoms with Crippen molar-refractivity contribution in [3.05, 3.63) is 101 Å². The first kappa shape index (κ1) is 24.7. The zero-order valence-corrected chi connectivity index (χ0v) is 22.3. The number of carboxylic acid groups (broad SMARTS) is 1. The SMILES string of the molecule is COc1ccccc1CC(=O)N1C[C@H]2[C@]3(c4ccc(C(C)C)cc4)CC[C@@H](c4ccccc43)[C@@]2(C(=O)O)C1. The van der Waals surface area contributed by atoms with Crippen molar-refractivity contribution in [2.75, 3.05) is 20.2 Å². The largest absolute Gasteiger partial charge is 0.496 e. The molecule has 0 unspecified atom stereocenters. The molecule has 4 aliphatic rings. The minimum absolute atomic E-state index is 0.0433. The predicted octanol–water partition coefficient (Wildman–Crippen LogP) is 5.77. The molecule has 5 nitrogen and oxygen atoms in total. The summed E-state index contributed by atoms with van der Waals surface area (Å²) in [6.07, 6.45) is 1.89. The minimum Gasteiger partial charge on any atom is -0.496 e. The molecule has 1 N–H and O–H groups in total. The second-order valence-corrected chi connectivity index (χ2v) is 11.6. The van der Waals surface area contributed by atoms with E-state index in [0.717, 1.165) is 24.0 Å². The van der Waals surface area contributed by atoms with Crippen LogP contribution >= 0.6 is 0 Å². The van der Waals surface area contributed by atoms with E-state index >= 15 is 0 Å². The molecule has 1 saturated carbocycles. The quantitative estimate of drug-likeness (QED) is 0.458. The van der Waals surface area contributed by atoms with E-state index in [1.165, 1.54) is 16.7 Å². The molecule has 2 fully saturated rings. The lowest BCUT2D eigenvalue weighted by molar-refractivity contribution is -0.157. The molecule has 38 heavy (non-hydrogen) atoms. The molecule has 3 aromatic carbocycles. The minimum atomic E-state index is -1.01. The maximum Gasteiger partial charge on any atom is 0.312 e. The summed E-state index contributed by atoms with van der Waals surface area (Å²) in [6, 6.07) is 24.8. The van der Waals surface area contributed by atoms with Gasteiger partial charge in [0.25, 0.3) is 0 Å². The third-order valence-corrected chi connectivity index (χ3v) is 9.72. The van der Waals surface area contributed by atoms with Crippen LogP contribution in [0.3, 0.4) is 0 Å². The fourth-order valence-electron chi connectivity index (χ4n) is 7.93. The number of carbonyl (C=O) groups excluding carboxylic acids is 1. The number of methoxy groups -OCH3 is 1. The van der Waals surface area contributed by atoms with Crippen LogP contribution in [0.4, 0.5) is 0 Å². The van der Waals surface area contributed by atoms with Gasteiger partial charge in [0.15, 0.2) is 0 Å². The third-order valence-electron chi connectivity index (χ3n) is 9.72. The number of rotatable bonds is 6. The summed E-state index contributed by atoms with van der Waals surface area (Å²) in [6.45, 7) is 5.06. The van der Waals surface area contributed by atoms with Crippen LogP contribution in [0.5, 0.6) is 5.75 Å². The molecule has 7 rings (SSSR count). The molecule has 1 aliphatic heterocycles. The van der Waals surface area contributed by atoms with Crippen LogP contribution in [0, 0.1) is 11.3 Å². The van der Waals surface area contributed by atoms with Crippen molar-refractivity contribution in [1.82, 2.24) is 4.90 Å². The highest BCUT2D eigenvalue weighted by atomic mass is 16.5. The number of aliphatic carboxylic acids is 1. The monoisotopic (exact) mass is 509 g/mol. The van der Waals surface area contributed by atoms with Crippen LogP contribution in [0.25, 0.3) is 0 Å². The van der Waals surface area contributed by atoms with Crippen LogP contribution in [0.2, 0.25) is 0 Å². The predicted molar refractivity (Wildman–Crippen MR) is 147 cm³/mol. The van der Waals surface area contributed by atoms with Crippen LogP contribution in [0.15, 0.2) is 72.8 Å². The Morgan fingerprint density at radius 2 is 1.74 bits per heavy atom. The molecule has 5 heteroatoms. The van der Waals surface area contributed by atoms with Gasteiger partial charge in [0.1, 0.15) is 5.75 Å². The van der Waals surface area contributed by atoms with Crippen molar-refractivity contribution in [2.45, 2.75) is 50.4 Å². The van der Waals surface area contributed by atoms with Crippen molar-refractivity contribution < 1.29 is 19.4 Å². The van der Waals surface area contributed by atoms with Gasteiger partial charge in [-0.15, -0.1) is 0 Å². The Labute approximate surface area is 224 Å². The highest BCUT2D eigenvalue weighted by Crippen LogP contribution is 2.69. The van der Waals surface area contributed by atoms with E-state index in [1.807, 2.05) is 35.2 Å². The summed E-state index contributed by atoms with van der Waals surface area (Å²) in [5.41, 5.74) is 4.19. The molecule has 3 aliphatic carbocycles. The highest BCUT2D eigenvalue weighted by molar-refractivity contribution is 5.85. The summed E-state index contributed by atoms with van der Waals surface area (Å²) >= 11 is 0. The highest BCUT2D eigenvalue weighted by Gasteiger charge is 2.70. The third kappa shape index (κ3) is 3.37. The van der Waals surface area contributed by atoms with Crippen LogP contribution in [-0.2, 0) is 21.4 Å². The molecule has 0 aromatic heterocycles. The zero-order valence-electron chi connectivity index (χ0n) is 22.3.